The van der Waals surface area contributed by atoms with Crippen LogP contribution >= 0.6 is 0 Å². The summed E-state index contributed by atoms with van der Waals surface area (Å²) in [6.07, 6.45) is 3.82. The van der Waals surface area contributed by atoms with Crippen molar-refractivity contribution in [2.24, 2.45) is 0 Å². The van der Waals surface area contributed by atoms with Crippen molar-refractivity contribution in [2.45, 2.75) is 46.1 Å². The lowest BCUT2D eigenvalue weighted by atomic mass is 9.87. The number of anilines is 2. The fourth-order valence-electron chi connectivity index (χ4n) is 2.01. The van der Waals surface area contributed by atoms with Crippen molar-refractivity contribution < 1.29 is 0 Å². The van der Waals surface area contributed by atoms with Crippen molar-refractivity contribution >= 4 is 11.6 Å². The van der Waals surface area contributed by atoms with Crippen LogP contribution < -0.4 is 5.32 Å². The minimum atomic E-state index is 0.189. The predicted octanol–water partition coefficient (Wildman–Crippen LogP) is 4.51. The molecule has 19 heavy (non-hydrogen) atoms. The molecule has 0 atom stereocenters. The zero-order chi connectivity index (χ0) is 14.0. The second-order valence-electron chi connectivity index (χ2n) is 6.20. The number of nitrogens with zero attached hydrogens (tertiary/aromatic N) is 2. The fraction of sp³-hybridized carbons (Fsp3) is 0.438. The average molecular weight is 257 g/mol. The van der Waals surface area contributed by atoms with Crippen LogP contribution in [0.25, 0.3) is 0 Å². The summed E-state index contributed by atoms with van der Waals surface area (Å²) in [5.41, 5.74) is 2.60. The Morgan fingerprint density at radius 2 is 1.74 bits per heavy atom. The molecule has 3 nitrogen and oxygen atoms in total. The van der Waals surface area contributed by atoms with E-state index in [2.05, 4.69) is 73.8 Å². The van der Waals surface area contributed by atoms with E-state index >= 15 is 0 Å². The van der Waals surface area contributed by atoms with Gasteiger partial charge in [0.15, 0.2) is 0 Å². The second-order valence-corrected chi connectivity index (χ2v) is 6.20. The number of imidazole rings is 1. The lowest BCUT2D eigenvalue weighted by Gasteiger charge is -2.19. The molecule has 2 aromatic rings. The monoisotopic (exact) mass is 257 g/mol. The Morgan fingerprint density at radius 1 is 1.11 bits per heavy atom. The van der Waals surface area contributed by atoms with Crippen LogP contribution in [0, 0.1) is 0 Å². The Kier molecular flexibility index (Phi) is 3.65. The first-order chi connectivity index (χ1) is 8.88. The Bertz CT molecular complexity index is 530. The Hall–Kier alpha value is -1.77. The van der Waals surface area contributed by atoms with Gasteiger partial charge in [-0.3, -0.25) is 0 Å². The molecule has 3 heteroatoms. The summed E-state index contributed by atoms with van der Waals surface area (Å²) >= 11 is 0. The normalized spacial score (nSPS) is 11.9. The van der Waals surface area contributed by atoms with E-state index in [-0.39, 0.29) is 5.41 Å². The zero-order valence-electron chi connectivity index (χ0n) is 12.4. The van der Waals surface area contributed by atoms with Gasteiger partial charge in [-0.25, -0.2) is 4.98 Å². The zero-order valence-corrected chi connectivity index (χ0v) is 12.4. The van der Waals surface area contributed by atoms with Crippen molar-refractivity contribution in [3.05, 3.63) is 42.2 Å². The van der Waals surface area contributed by atoms with Gasteiger partial charge in [0.1, 0.15) is 0 Å². The largest absolute Gasteiger partial charge is 0.326 e. The maximum absolute atomic E-state index is 4.36. The summed E-state index contributed by atoms with van der Waals surface area (Å²) in [4.78, 5) is 4.36. The van der Waals surface area contributed by atoms with Crippen LogP contribution in [0.4, 0.5) is 11.6 Å². The third-order valence-corrected chi connectivity index (χ3v) is 3.23. The number of hydrogen-bond acceptors (Lipinski definition) is 2. The summed E-state index contributed by atoms with van der Waals surface area (Å²) in [6.45, 7) is 11.0. The summed E-state index contributed by atoms with van der Waals surface area (Å²) in [5, 5.41) is 3.36. The maximum atomic E-state index is 4.36. The van der Waals surface area contributed by atoms with Crippen LogP contribution in [-0.4, -0.2) is 9.55 Å². The molecule has 0 radical (unpaired) electrons. The number of rotatable bonds is 3. The molecule has 1 aromatic carbocycles. The lowest BCUT2D eigenvalue weighted by molar-refractivity contribution is 0.590. The second kappa shape index (κ2) is 5.08. The van der Waals surface area contributed by atoms with Crippen LogP contribution in [0.3, 0.4) is 0 Å². The van der Waals surface area contributed by atoms with Gasteiger partial charge in [-0.05, 0) is 37.0 Å². The van der Waals surface area contributed by atoms with Gasteiger partial charge >= 0.3 is 0 Å². The molecule has 0 saturated heterocycles. The summed E-state index contributed by atoms with van der Waals surface area (Å²) < 4.78 is 2.12. The summed E-state index contributed by atoms with van der Waals surface area (Å²) in [5.74, 6) is 0.888. The van der Waals surface area contributed by atoms with E-state index in [4.69, 9.17) is 0 Å². The molecule has 0 aliphatic rings. The highest BCUT2D eigenvalue weighted by Gasteiger charge is 2.13. The maximum Gasteiger partial charge on any atom is 0.207 e. The highest BCUT2D eigenvalue weighted by atomic mass is 15.2. The van der Waals surface area contributed by atoms with Gasteiger partial charge in [0.25, 0.3) is 0 Å². The van der Waals surface area contributed by atoms with E-state index in [9.17, 15) is 0 Å². The molecule has 1 aromatic heterocycles. The average Bonchev–Trinajstić information content (AvgIpc) is 2.77. The third kappa shape index (κ3) is 3.16. The van der Waals surface area contributed by atoms with Crippen molar-refractivity contribution in [2.75, 3.05) is 5.32 Å². The molecule has 102 valence electrons. The molecule has 0 fully saturated rings. The molecule has 0 saturated carbocycles. The Morgan fingerprint density at radius 3 is 2.26 bits per heavy atom. The molecule has 0 spiro atoms. The predicted molar refractivity (Wildman–Crippen MR) is 81.0 cm³/mol. The van der Waals surface area contributed by atoms with Gasteiger partial charge in [-0.15, -0.1) is 0 Å². The van der Waals surface area contributed by atoms with Crippen LogP contribution in [0.15, 0.2) is 36.7 Å². The highest BCUT2D eigenvalue weighted by Crippen LogP contribution is 2.25. The first kappa shape index (κ1) is 13.7. The Balaban J connectivity index is 2.18. The molecule has 0 aliphatic heterocycles. The highest BCUT2D eigenvalue weighted by molar-refractivity contribution is 5.54. The third-order valence-electron chi connectivity index (χ3n) is 3.23. The quantitative estimate of drug-likeness (QED) is 0.877. The van der Waals surface area contributed by atoms with Crippen molar-refractivity contribution in [3.63, 3.8) is 0 Å². The minimum Gasteiger partial charge on any atom is -0.326 e. The lowest BCUT2D eigenvalue weighted by Crippen LogP contribution is -2.11. The van der Waals surface area contributed by atoms with Gasteiger partial charge in [-0.2, -0.15) is 0 Å². The standard InChI is InChI=1S/C16H23N3/c1-12(2)19-11-10-17-15(19)18-14-8-6-13(7-9-14)16(3,4)5/h6-12H,1-5H3,(H,17,18). The molecule has 0 unspecified atom stereocenters. The van der Waals surface area contributed by atoms with E-state index in [0.29, 0.717) is 6.04 Å². The Labute approximate surface area is 115 Å². The molecular weight excluding hydrogens is 234 g/mol. The molecule has 2 rings (SSSR count). The van der Waals surface area contributed by atoms with Gasteiger partial charge in [-0.1, -0.05) is 32.9 Å². The van der Waals surface area contributed by atoms with Crippen LogP contribution in [-0.2, 0) is 5.41 Å². The number of nitrogens with one attached hydrogen (secondary N) is 1. The minimum absolute atomic E-state index is 0.189. The van der Waals surface area contributed by atoms with Gasteiger partial charge in [0.05, 0.1) is 0 Å². The van der Waals surface area contributed by atoms with Crippen molar-refractivity contribution in [1.82, 2.24) is 9.55 Å². The number of benzene rings is 1. The number of aromatic nitrogens is 2. The molecule has 0 bridgehead atoms. The van der Waals surface area contributed by atoms with Crippen LogP contribution in [0.1, 0.15) is 46.2 Å². The topological polar surface area (TPSA) is 29.9 Å². The summed E-state index contributed by atoms with van der Waals surface area (Å²) in [7, 11) is 0. The molecule has 1 N–H and O–H groups in total. The SMILES string of the molecule is CC(C)n1ccnc1Nc1ccc(C(C)(C)C)cc1. The number of hydrogen-bond donors (Lipinski definition) is 1. The molecular formula is C16H23N3. The first-order valence-corrected chi connectivity index (χ1v) is 6.78. The van der Waals surface area contributed by atoms with Crippen LogP contribution in [0.2, 0.25) is 0 Å². The van der Waals surface area contributed by atoms with E-state index in [1.807, 2.05) is 12.4 Å². The van der Waals surface area contributed by atoms with Gasteiger partial charge < -0.3 is 9.88 Å². The fourth-order valence-corrected chi connectivity index (χ4v) is 2.01. The molecule has 0 amide bonds. The smallest absolute Gasteiger partial charge is 0.207 e. The van der Waals surface area contributed by atoms with E-state index in [1.54, 1.807) is 0 Å². The van der Waals surface area contributed by atoms with E-state index < -0.39 is 0 Å². The van der Waals surface area contributed by atoms with E-state index in [1.165, 1.54) is 5.56 Å². The van der Waals surface area contributed by atoms with Crippen molar-refractivity contribution in [3.8, 4) is 0 Å². The molecule has 0 aliphatic carbocycles. The van der Waals surface area contributed by atoms with Crippen LogP contribution in [0.5, 0.6) is 0 Å². The van der Waals surface area contributed by atoms with E-state index in [0.717, 1.165) is 11.6 Å². The first-order valence-electron chi connectivity index (χ1n) is 6.78. The van der Waals surface area contributed by atoms with Crippen molar-refractivity contribution in [1.29, 1.82) is 0 Å². The summed E-state index contributed by atoms with van der Waals surface area (Å²) in [6, 6.07) is 8.97. The van der Waals surface area contributed by atoms with Gasteiger partial charge in [0, 0.05) is 24.1 Å². The van der Waals surface area contributed by atoms with Gasteiger partial charge in [0.2, 0.25) is 5.95 Å². The molecule has 1 heterocycles.